The Bertz CT molecular complexity index is 1100. The molecule has 0 aliphatic rings. The number of nitrogens with zero attached hydrogens (tertiary/aromatic N) is 2. The summed E-state index contributed by atoms with van der Waals surface area (Å²) in [6.45, 7) is 0. The van der Waals surface area contributed by atoms with E-state index < -0.39 is 0 Å². The van der Waals surface area contributed by atoms with Crippen LogP contribution in [-0.4, -0.2) is 15.5 Å². The summed E-state index contributed by atoms with van der Waals surface area (Å²) in [5, 5.41) is 3.00. The molecule has 1 heterocycles. The van der Waals surface area contributed by atoms with Crippen LogP contribution in [0.25, 0.3) is 11.0 Å². The highest BCUT2D eigenvalue weighted by molar-refractivity contribution is 5.93. The largest absolute Gasteiger partial charge is 0.331 e. The maximum atomic E-state index is 12.3. The summed E-state index contributed by atoms with van der Waals surface area (Å²) in [6, 6.07) is 26.5. The first-order chi connectivity index (χ1) is 14.2. The molecule has 4 nitrogen and oxygen atoms in total. The Morgan fingerprint density at radius 1 is 0.862 bits per heavy atom. The predicted octanol–water partition coefficient (Wildman–Crippen LogP) is 4.93. The summed E-state index contributed by atoms with van der Waals surface area (Å²) < 4.78 is 2.14. The molecule has 4 aromatic rings. The molecule has 0 aliphatic heterocycles. The standard InChI is InChI=1S/C25H25N3O/c1-28-23-15-14-21(26-25(29)17-13-20-10-6-3-7-11-20)18-22(23)27-24(28)16-12-19-8-4-2-5-9-19/h2-11,14-15,18H,12-13,16-17H2,1H3,(H,26,29). The SMILES string of the molecule is Cn1c(CCc2ccccc2)nc2cc(NC(=O)CCc3ccccc3)ccc21. The van der Waals surface area contributed by atoms with Crippen LogP contribution in [0.3, 0.4) is 0 Å². The lowest BCUT2D eigenvalue weighted by atomic mass is 10.1. The first kappa shape index (κ1) is 18.9. The molecular formula is C25H25N3O. The minimum atomic E-state index is 0.0217. The molecule has 0 saturated heterocycles. The molecule has 0 fully saturated rings. The lowest BCUT2D eigenvalue weighted by Gasteiger charge is -2.06. The summed E-state index contributed by atoms with van der Waals surface area (Å²) in [5.74, 6) is 1.07. The zero-order valence-corrected chi connectivity index (χ0v) is 16.6. The van der Waals surface area contributed by atoms with Gasteiger partial charge in [0, 0.05) is 25.6 Å². The van der Waals surface area contributed by atoms with Crippen molar-refractivity contribution in [2.75, 3.05) is 5.32 Å². The third-order valence-electron chi connectivity index (χ3n) is 5.22. The van der Waals surface area contributed by atoms with Crippen molar-refractivity contribution in [3.05, 3.63) is 95.8 Å². The van der Waals surface area contributed by atoms with Gasteiger partial charge in [0.1, 0.15) is 5.82 Å². The van der Waals surface area contributed by atoms with Crippen molar-refractivity contribution in [3.8, 4) is 0 Å². The minimum absolute atomic E-state index is 0.0217. The third kappa shape index (κ3) is 4.72. The maximum absolute atomic E-state index is 12.3. The molecule has 146 valence electrons. The number of nitrogens with one attached hydrogen (secondary N) is 1. The number of rotatable bonds is 7. The summed E-state index contributed by atoms with van der Waals surface area (Å²) in [7, 11) is 2.05. The van der Waals surface area contributed by atoms with E-state index in [0.29, 0.717) is 6.42 Å². The van der Waals surface area contributed by atoms with Gasteiger partial charge in [-0.25, -0.2) is 4.98 Å². The molecule has 0 unspecified atom stereocenters. The Kier molecular flexibility index (Phi) is 5.71. The van der Waals surface area contributed by atoms with Gasteiger partial charge in [0.05, 0.1) is 11.0 Å². The van der Waals surface area contributed by atoms with Crippen LogP contribution in [0.1, 0.15) is 23.4 Å². The van der Waals surface area contributed by atoms with Crippen LogP contribution < -0.4 is 5.32 Å². The van der Waals surface area contributed by atoms with Crippen molar-refractivity contribution in [2.45, 2.75) is 25.7 Å². The lowest BCUT2D eigenvalue weighted by molar-refractivity contribution is -0.116. The number of carbonyl (C=O) groups excluding carboxylic acids is 1. The molecular weight excluding hydrogens is 358 g/mol. The fourth-order valence-corrected chi connectivity index (χ4v) is 3.58. The first-order valence-electron chi connectivity index (χ1n) is 10.0. The molecule has 0 bridgehead atoms. The number of hydrogen-bond acceptors (Lipinski definition) is 2. The lowest BCUT2D eigenvalue weighted by Crippen LogP contribution is -2.12. The molecule has 0 atom stereocenters. The van der Waals surface area contributed by atoms with Gasteiger partial charge in [0.25, 0.3) is 0 Å². The Morgan fingerprint density at radius 3 is 2.21 bits per heavy atom. The normalized spacial score (nSPS) is 10.9. The van der Waals surface area contributed by atoms with E-state index in [1.807, 2.05) is 61.6 Å². The molecule has 4 rings (SSSR count). The van der Waals surface area contributed by atoms with E-state index in [2.05, 4.69) is 34.1 Å². The zero-order chi connectivity index (χ0) is 20.1. The van der Waals surface area contributed by atoms with Gasteiger partial charge in [0.2, 0.25) is 5.91 Å². The molecule has 4 heteroatoms. The Balaban J connectivity index is 1.41. The van der Waals surface area contributed by atoms with Gasteiger partial charge in [0.15, 0.2) is 0 Å². The van der Waals surface area contributed by atoms with E-state index in [0.717, 1.165) is 41.8 Å². The van der Waals surface area contributed by atoms with E-state index in [1.165, 1.54) is 11.1 Å². The number of aryl methyl sites for hydroxylation is 4. The molecule has 29 heavy (non-hydrogen) atoms. The number of carbonyl (C=O) groups is 1. The predicted molar refractivity (Wildman–Crippen MR) is 118 cm³/mol. The maximum Gasteiger partial charge on any atom is 0.224 e. The highest BCUT2D eigenvalue weighted by Crippen LogP contribution is 2.21. The number of anilines is 1. The second-order valence-corrected chi connectivity index (χ2v) is 7.31. The highest BCUT2D eigenvalue weighted by Gasteiger charge is 2.10. The molecule has 0 saturated carbocycles. The van der Waals surface area contributed by atoms with Crippen molar-refractivity contribution >= 4 is 22.6 Å². The van der Waals surface area contributed by atoms with E-state index >= 15 is 0 Å². The smallest absolute Gasteiger partial charge is 0.224 e. The van der Waals surface area contributed by atoms with E-state index in [1.54, 1.807) is 0 Å². The van der Waals surface area contributed by atoms with Crippen molar-refractivity contribution in [1.82, 2.24) is 9.55 Å². The van der Waals surface area contributed by atoms with Crippen LogP contribution in [0.5, 0.6) is 0 Å². The van der Waals surface area contributed by atoms with Gasteiger partial charge in [-0.15, -0.1) is 0 Å². The van der Waals surface area contributed by atoms with Gasteiger partial charge in [-0.2, -0.15) is 0 Å². The third-order valence-corrected chi connectivity index (χ3v) is 5.22. The van der Waals surface area contributed by atoms with E-state index in [4.69, 9.17) is 4.98 Å². The van der Waals surface area contributed by atoms with Gasteiger partial charge in [-0.3, -0.25) is 4.79 Å². The van der Waals surface area contributed by atoms with Crippen molar-refractivity contribution in [3.63, 3.8) is 0 Å². The molecule has 1 amide bonds. The van der Waals surface area contributed by atoms with Crippen LogP contribution in [-0.2, 0) is 31.1 Å². The van der Waals surface area contributed by atoms with Crippen molar-refractivity contribution in [2.24, 2.45) is 7.05 Å². The summed E-state index contributed by atoms with van der Waals surface area (Å²) >= 11 is 0. The number of amides is 1. The van der Waals surface area contributed by atoms with Crippen LogP contribution in [0.15, 0.2) is 78.9 Å². The quantitative estimate of drug-likeness (QED) is 0.492. The second kappa shape index (κ2) is 8.74. The van der Waals surface area contributed by atoms with Gasteiger partial charge >= 0.3 is 0 Å². The van der Waals surface area contributed by atoms with E-state index in [9.17, 15) is 4.79 Å². The number of hydrogen-bond donors (Lipinski definition) is 1. The summed E-state index contributed by atoms with van der Waals surface area (Å²) in [6.07, 6.45) is 3.05. The number of aromatic nitrogens is 2. The first-order valence-corrected chi connectivity index (χ1v) is 10.0. The van der Waals surface area contributed by atoms with Gasteiger partial charge < -0.3 is 9.88 Å². The second-order valence-electron chi connectivity index (χ2n) is 7.31. The van der Waals surface area contributed by atoms with Crippen molar-refractivity contribution in [1.29, 1.82) is 0 Å². The van der Waals surface area contributed by atoms with E-state index in [-0.39, 0.29) is 5.91 Å². The molecule has 0 radical (unpaired) electrons. The zero-order valence-electron chi connectivity index (χ0n) is 16.6. The Labute approximate surface area is 171 Å². The molecule has 1 N–H and O–H groups in total. The number of benzene rings is 3. The van der Waals surface area contributed by atoms with Crippen LogP contribution in [0.4, 0.5) is 5.69 Å². The molecule has 0 spiro atoms. The van der Waals surface area contributed by atoms with Gasteiger partial charge in [-0.1, -0.05) is 60.7 Å². The Morgan fingerprint density at radius 2 is 1.52 bits per heavy atom. The highest BCUT2D eigenvalue weighted by atomic mass is 16.1. The van der Waals surface area contributed by atoms with Crippen LogP contribution in [0, 0.1) is 0 Å². The van der Waals surface area contributed by atoms with Gasteiger partial charge in [-0.05, 0) is 42.2 Å². The molecule has 3 aromatic carbocycles. The monoisotopic (exact) mass is 383 g/mol. The topological polar surface area (TPSA) is 46.9 Å². The minimum Gasteiger partial charge on any atom is -0.331 e. The number of imidazole rings is 1. The summed E-state index contributed by atoms with van der Waals surface area (Å²) in [4.78, 5) is 17.1. The average Bonchev–Trinajstić information content (AvgIpc) is 3.07. The molecule has 1 aromatic heterocycles. The van der Waals surface area contributed by atoms with Crippen LogP contribution in [0.2, 0.25) is 0 Å². The fourth-order valence-electron chi connectivity index (χ4n) is 3.58. The van der Waals surface area contributed by atoms with Crippen LogP contribution >= 0.6 is 0 Å². The molecule has 0 aliphatic carbocycles. The Hall–Kier alpha value is -3.40. The van der Waals surface area contributed by atoms with Crippen molar-refractivity contribution < 1.29 is 4.79 Å². The fraction of sp³-hybridized carbons (Fsp3) is 0.200. The number of fused-ring (bicyclic) bond motifs is 1. The summed E-state index contributed by atoms with van der Waals surface area (Å²) in [5.41, 5.74) is 5.27. The average molecular weight is 383 g/mol.